The molecule has 0 spiro atoms. The molecular weight excluding hydrogens is 256 g/mol. The maximum atomic E-state index is 11.9. The molecule has 6 heteroatoms. The van der Waals surface area contributed by atoms with E-state index in [0.717, 1.165) is 32.4 Å². The van der Waals surface area contributed by atoms with Crippen LogP contribution in [0.4, 0.5) is 0 Å². The number of piperidine rings is 1. The smallest absolute Gasteiger partial charge is 0.211 e. The van der Waals surface area contributed by atoms with Crippen molar-refractivity contribution in [2.45, 2.75) is 30.9 Å². The van der Waals surface area contributed by atoms with E-state index >= 15 is 0 Å². The van der Waals surface area contributed by atoms with Gasteiger partial charge in [-0.25, -0.2) is 13.1 Å². The molecule has 1 atom stereocenters. The zero-order valence-electron chi connectivity index (χ0n) is 10.2. The van der Waals surface area contributed by atoms with Gasteiger partial charge >= 0.3 is 0 Å². The van der Waals surface area contributed by atoms with Crippen molar-refractivity contribution >= 4 is 21.8 Å². The first kappa shape index (κ1) is 13.6. The molecule has 0 bridgehead atoms. The van der Waals surface area contributed by atoms with Gasteiger partial charge < -0.3 is 5.32 Å². The van der Waals surface area contributed by atoms with Crippen LogP contribution in [-0.2, 0) is 10.0 Å². The molecule has 0 aromatic rings. The summed E-state index contributed by atoms with van der Waals surface area (Å²) in [7, 11) is -3.06. The number of hydrogen-bond acceptors (Lipinski definition) is 4. The molecule has 2 aliphatic heterocycles. The van der Waals surface area contributed by atoms with Crippen LogP contribution in [-0.4, -0.2) is 44.8 Å². The molecule has 2 fully saturated rings. The van der Waals surface area contributed by atoms with Gasteiger partial charge in [-0.3, -0.25) is 0 Å². The fourth-order valence-corrected chi connectivity index (χ4v) is 5.28. The first-order chi connectivity index (χ1) is 8.16. The third-order valence-electron chi connectivity index (χ3n) is 3.47. The van der Waals surface area contributed by atoms with Crippen molar-refractivity contribution in [3.8, 4) is 0 Å². The zero-order chi connectivity index (χ0) is 12.1. The van der Waals surface area contributed by atoms with Crippen LogP contribution in [0.3, 0.4) is 0 Å². The molecule has 100 valence electrons. The summed E-state index contributed by atoms with van der Waals surface area (Å²) in [5, 5.41) is 3.76. The lowest BCUT2D eigenvalue weighted by Gasteiger charge is -2.22. The Hall–Kier alpha value is 0.220. The molecule has 2 N–H and O–H groups in total. The number of thioether (sulfide) groups is 1. The van der Waals surface area contributed by atoms with Crippen LogP contribution in [0.1, 0.15) is 25.7 Å². The summed E-state index contributed by atoms with van der Waals surface area (Å²) >= 11 is 1.89. The highest BCUT2D eigenvalue weighted by Gasteiger charge is 2.23. The zero-order valence-corrected chi connectivity index (χ0v) is 11.8. The molecule has 2 aliphatic rings. The Morgan fingerprint density at radius 2 is 2.00 bits per heavy atom. The van der Waals surface area contributed by atoms with Gasteiger partial charge in [-0.1, -0.05) is 0 Å². The molecule has 0 aliphatic carbocycles. The Bertz CT molecular complexity index is 320. The Balaban J connectivity index is 1.73. The summed E-state index contributed by atoms with van der Waals surface area (Å²) in [6.07, 6.45) is 4.35. The van der Waals surface area contributed by atoms with Crippen molar-refractivity contribution in [2.75, 3.05) is 31.1 Å². The standard InChI is InChI=1S/C11H22N2O2S2/c14-17(15,9-10-3-5-12-6-4-10)13-8-11-2-1-7-16-11/h10-13H,1-9H2. The van der Waals surface area contributed by atoms with Crippen LogP contribution in [0.15, 0.2) is 0 Å². The fourth-order valence-electron chi connectivity index (χ4n) is 2.44. The van der Waals surface area contributed by atoms with E-state index in [4.69, 9.17) is 0 Å². The molecule has 1 unspecified atom stereocenters. The second kappa shape index (κ2) is 6.41. The summed E-state index contributed by atoms with van der Waals surface area (Å²) in [5.74, 6) is 1.83. The van der Waals surface area contributed by atoms with Crippen molar-refractivity contribution in [3.63, 3.8) is 0 Å². The SMILES string of the molecule is O=S(=O)(CC1CCNCC1)NCC1CCCS1. The summed E-state index contributed by atoms with van der Waals surface area (Å²) in [5.41, 5.74) is 0. The van der Waals surface area contributed by atoms with Crippen molar-refractivity contribution in [1.29, 1.82) is 0 Å². The third kappa shape index (κ3) is 4.77. The first-order valence-electron chi connectivity index (χ1n) is 6.45. The maximum absolute atomic E-state index is 11.9. The molecule has 2 heterocycles. The minimum atomic E-state index is -3.06. The number of rotatable bonds is 5. The maximum Gasteiger partial charge on any atom is 0.211 e. The van der Waals surface area contributed by atoms with Gasteiger partial charge in [0.05, 0.1) is 5.75 Å². The second-order valence-electron chi connectivity index (χ2n) is 4.96. The van der Waals surface area contributed by atoms with Gasteiger partial charge in [-0.05, 0) is 50.4 Å². The van der Waals surface area contributed by atoms with Gasteiger partial charge in [0.1, 0.15) is 0 Å². The highest BCUT2D eigenvalue weighted by molar-refractivity contribution is 8.00. The molecule has 2 rings (SSSR count). The van der Waals surface area contributed by atoms with E-state index in [1.165, 1.54) is 12.2 Å². The van der Waals surface area contributed by atoms with Gasteiger partial charge in [-0.15, -0.1) is 0 Å². The van der Waals surface area contributed by atoms with Gasteiger partial charge in [0.25, 0.3) is 0 Å². The number of nitrogens with one attached hydrogen (secondary N) is 2. The summed E-state index contributed by atoms with van der Waals surface area (Å²) in [4.78, 5) is 0. The molecular formula is C11H22N2O2S2. The largest absolute Gasteiger partial charge is 0.317 e. The lowest BCUT2D eigenvalue weighted by atomic mass is 10.0. The highest BCUT2D eigenvalue weighted by Crippen LogP contribution is 2.25. The third-order valence-corrected chi connectivity index (χ3v) is 6.38. The van der Waals surface area contributed by atoms with Crippen molar-refractivity contribution in [3.05, 3.63) is 0 Å². The number of sulfonamides is 1. The van der Waals surface area contributed by atoms with Gasteiger partial charge in [0.15, 0.2) is 0 Å². The van der Waals surface area contributed by atoms with Crippen molar-refractivity contribution < 1.29 is 8.42 Å². The average molecular weight is 278 g/mol. The topological polar surface area (TPSA) is 58.2 Å². The van der Waals surface area contributed by atoms with Crippen molar-refractivity contribution in [1.82, 2.24) is 10.0 Å². The molecule has 2 saturated heterocycles. The van der Waals surface area contributed by atoms with Gasteiger partial charge in [-0.2, -0.15) is 11.8 Å². The Morgan fingerprint density at radius 1 is 1.24 bits per heavy atom. The normalized spacial score (nSPS) is 27.4. The lowest BCUT2D eigenvalue weighted by molar-refractivity contribution is 0.400. The first-order valence-corrected chi connectivity index (χ1v) is 9.15. The van der Waals surface area contributed by atoms with E-state index < -0.39 is 10.0 Å². The fraction of sp³-hybridized carbons (Fsp3) is 1.00. The Morgan fingerprint density at radius 3 is 2.65 bits per heavy atom. The van der Waals surface area contributed by atoms with Crippen LogP contribution in [0.5, 0.6) is 0 Å². The Kier molecular flexibility index (Phi) is 5.14. The van der Waals surface area contributed by atoms with E-state index in [0.29, 0.717) is 23.5 Å². The minimum Gasteiger partial charge on any atom is -0.317 e. The van der Waals surface area contributed by atoms with Crippen LogP contribution in [0.2, 0.25) is 0 Å². The predicted molar refractivity (Wildman–Crippen MR) is 72.9 cm³/mol. The molecule has 0 saturated carbocycles. The monoisotopic (exact) mass is 278 g/mol. The van der Waals surface area contributed by atoms with Crippen molar-refractivity contribution in [2.24, 2.45) is 5.92 Å². The van der Waals surface area contributed by atoms with E-state index in [1.807, 2.05) is 11.8 Å². The second-order valence-corrected chi connectivity index (χ2v) is 8.22. The summed E-state index contributed by atoms with van der Waals surface area (Å²) in [6.45, 7) is 2.54. The quantitative estimate of drug-likeness (QED) is 0.781. The van der Waals surface area contributed by atoms with Crippen LogP contribution < -0.4 is 10.0 Å². The van der Waals surface area contributed by atoms with E-state index in [1.54, 1.807) is 0 Å². The number of hydrogen-bond donors (Lipinski definition) is 2. The molecule has 0 aromatic heterocycles. The average Bonchev–Trinajstić information content (AvgIpc) is 2.80. The van der Waals surface area contributed by atoms with Gasteiger partial charge in [0.2, 0.25) is 10.0 Å². The van der Waals surface area contributed by atoms with E-state index in [9.17, 15) is 8.42 Å². The lowest BCUT2D eigenvalue weighted by Crippen LogP contribution is -2.37. The molecule has 0 radical (unpaired) electrons. The molecule has 17 heavy (non-hydrogen) atoms. The summed E-state index contributed by atoms with van der Waals surface area (Å²) < 4.78 is 26.6. The van der Waals surface area contributed by atoms with E-state index in [-0.39, 0.29) is 0 Å². The van der Waals surface area contributed by atoms with Crippen LogP contribution >= 0.6 is 11.8 Å². The van der Waals surface area contributed by atoms with Gasteiger partial charge in [0, 0.05) is 11.8 Å². The molecule has 0 aromatic carbocycles. The van der Waals surface area contributed by atoms with Crippen LogP contribution in [0.25, 0.3) is 0 Å². The summed E-state index contributed by atoms with van der Waals surface area (Å²) in [6, 6.07) is 0. The molecule has 4 nitrogen and oxygen atoms in total. The predicted octanol–water partition coefficient (Wildman–Crippen LogP) is 0.801. The van der Waals surface area contributed by atoms with E-state index in [2.05, 4.69) is 10.0 Å². The highest BCUT2D eigenvalue weighted by atomic mass is 32.2. The minimum absolute atomic E-state index is 0.312. The Labute approximate surface area is 108 Å². The molecule has 0 amide bonds. The van der Waals surface area contributed by atoms with Crippen LogP contribution in [0, 0.1) is 5.92 Å².